The zero-order valence-corrected chi connectivity index (χ0v) is 11.4. The van der Waals surface area contributed by atoms with Crippen LogP contribution in [0.3, 0.4) is 0 Å². The molecule has 4 heteroatoms. The second-order valence-corrected chi connectivity index (χ2v) is 5.17. The van der Waals surface area contributed by atoms with Gasteiger partial charge < -0.3 is 5.11 Å². The molecule has 1 atom stereocenters. The summed E-state index contributed by atoms with van der Waals surface area (Å²) in [4.78, 5) is 10.2. The standard InChI is InChI=1S/C17H15NO3/c19-17-14(8-7-13-3-1-2-4-16(13)17)11-12-5-9-15(10-6-12)18(20)21/h1-6,9-11,17,19H,7-8H2. The number of hydrogen-bond acceptors (Lipinski definition) is 3. The number of non-ortho nitro benzene ring substituents is 1. The van der Waals surface area contributed by atoms with Crippen LogP contribution in [0, 0.1) is 10.1 Å². The van der Waals surface area contributed by atoms with Crippen LogP contribution in [0.15, 0.2) is 54.1 Å². The van der Waals surface area contributed by atoms with E-state index in [1.54, 1.807) is 12.1 Å². The van der Waals surface area contributed by atoms with Crippen LogP contribution in [0.2, 0.25) is 0 Å². The molecule has 1 unspecified atom stereocenters. The van der Waals surface area contributed by atoms with Gasteiger partial charge in [0, 0.05) is 12.1 Å². The monoisotopic (exact) mass is 281 g/mol. The number of nitrogens with zero attached hydrogens (tertiary/aromatic N) is 1. The van der Waals surface area contributed by atoms with Crippen molar-refractivity contribution in [2.24, 2.45) is 0 Å². The van der Waals surface area contributed by atoms with Crippen molar-refractivity contribution in [2.75, 3.05) is 0 Å². The van der Waals surface area contributed by atoms with Gasteiger partial charge in [-0.05, 0) is 47.2 Å². The molecule has 0 spiro atoms. The van der Waals surface area contributed by atoms with Gasteiger partial charge in [0.1, 0.15) is 6.10 Å². The summed E-state index contributed by atoms with van der Waals surface area (Å²) < 4.78 is 0. The van der Waals surface area contributed by atoms with Crippen molar-refractivity contribution in [2.45, 2.75) is 18.9 Å². The highest BCUT2D eigenvalue weighted by Crippen LogP contribution is 2.34. The number of nitro groups is 1. The van der Waals surface area contributed by atoms with Crippen molar-refractivity contribution in [3.05, 3.63) is 80.9 Å². The fraction of sp³-hybridized carbons (Fsp3) is 0.176. The molecule has 0 aliphatic heterocycles. The van der Waals surface area contributed by atoms with Gasteiger partial charge in [0.15, 0.2) is 0 Å². The number of fused-ring (bicyclic) bond motifs is 1. The summed E-state index contributed by atoms with van der Waals surface area (Å²) in [6.07, 6.45) is 3.04. The third-order valence-electron chi connectivity index (χ3n) is 3.84. The van der Waals surface area contributed by atoms with Crippen LogP contribution >= 0.6 is 0 Å². The second kappa shape index (κ2) is 5.50. The predicted octanol–water partition coefficient (Wildman–Crippen LogP) is 3.66. The highest BCUT2D eigenvalue weighted by molar-refractivity contribution is 5.58. The second-order valence-electron chi connectivity index (χ2n) is 5.17. The quantitative estimate of drug-likeness (QED) is 0.675. The average molecular weight is 281 g/mol. The first-order valence-electron chi connectivity index (χ1n) is 6.86. The number of aliphatic hydroxyl groups excluding tert-OH is 1. The molecule has 0 heterocycles. The zero-order valence-electron chi connectivity index (χ0n) is 11.4. The summed E-state index contributed by atoms with van der Waals surface area (Å²) in [6.45, 7) is 0. The maximum absolute atomic E-state index is 10.6. The molecule has 106 valence electrons. The molecule has 4 nitrogen and oxygen atoms in total. The van der Waals surface area contributed by atoms with Gasteiger partial charge in [-0.2, -0.15) is 0 Å². The van der Waals surface area contributed by atoms with Crippen molar-refractivity contribution in [3.8, 4) is 0 Å². The molecule has 0 saturated heterocycles. The molecule has 1 N–H and O–H groups in total. The van der Waals surface area contributed by atoms with Gasteiger partial charge >= 0.3 is 0 Å². The Bertz CT molecular complexity index is 704. The Morgan fingerprint density at radius 2 is 1.81 bits per heavy atom. The molecule has 2 aromatic carbocycles. The predicted molar refractivity (Wildman–Crippen MR) is 80.8 cm³/mol. The van der Waals surface area contributed by atoms with E-state index in [-0.39, 0.29) is 5.69 Å². The van der Waals surface area contributed by atoms with E-state index >= 15 is 0 Å². The van der Waals surface area contributed by atoms with Crippen molar-refractivity contribution in [3.63, 3.8) is 0 Å². The fourth-order valence-electron chi connectivity index (χ4n) is 2.70. The third kappa shape index (κ3) is 2.71. The number of nitro benzene ring substituents is 1. The highest BCUT2D eigenvalue weighted by Gasteiger charge is 2.21. The SMILES string of the molecule is O=[N+]([O-])c1ccc(C=C2CCc3ccccc3C2O)cc1. The van der Waals surface area contributed by atoms with Crippen LogP contribution in [0.4, 0.5) is 5.69 Å². The van der Waals surface area contributed by atoms with E-state index in [0.717, 1.165) is 29.5 Å². The molecular weight excluding hydrogens is 266 g/mol. The van der Waals surface area contributed by atoms with Crippen LogP contribution in [-0.4, -0.2) is 10.0 Å². The van der Waals surface area contributed by atoms with Crippen LogP contribution < -0.4 is 0 Å². The third-order valence-corrected chi connectivity index (χ3v) is 3.84. The lowest BCUT2D eigenvalue weighted by Gasteiger charge is -2.24. The van der Waals surface area contributed by atoms with E-state index in [1.165, 1.54) is 17.7 Å². The maximum Gasteiger partial charge on any atom is 0.269 e. The fourth-order valence-corrected chi connectivity index (χ4v) is 2.70. The molecule has 0 radical (unpaired) electrons. The Kier molecular flexibility index (Phi) is 3.54. The van der Waals surface area contributed by atoms with Crippen LogP contribution in [0.5, 0.6) is 0 Å². The molecule has 2 aromatic rings. The Labute approximate surface area is 122 Å². The minimum Gasteiger partial charge on any atom is -0.384 e. The highest BCUT2D eigenvalue weighted by atomic mass is 16.6. The van der Waals surface area contributed by atoms with E-state index < -0.39 is 11.0 Å². The normalized spacial score (nSPS) is 19.3. The average Bonchev–Trinajstić information content (AvgIpc) is 2.51. The Hall–Kier alpha value is -2.46. The molecule has 0 amide bonds. The first-order chi connectivity index (χ1) is 10.1. The van der Waals surface area contributed by atoms with Crippen LogP contribution in [0.1, 0.15) is 29.2 Å². The first kappa shape index (κ1) is 13.5. The van der Waals surface area contributed by atoms with Crippen molar-refractivity contribution in [1.82, 2.24) is 0 Å². The molecule has 0 bridgehead atoms. The molecule has 21 heavy (non-hydrogen) atoms. The van der Waals surface area contributed by atoms with Gasteiger partial charge in [-0.25, -0.2) is 0 Å². The van der Waals surface area contributed by atoms with Gasteiger partial charge in [0.25, 0.3) is 5.69 Å². The summed E-state index contributed by atoms with van der Waals surface area (Å²) in [5.74, 6) is 0. The Balaban J connectivity index is 1.89. The van der Waals surface area contributed by atoms with E-state index in [0.29, 0.717) is 0 Å². The number of aryl methyl sites for hydroxylation is 1. The van der Waals surface area contributed by atoms with E-state index in [1.807, 2.05) is 30.3 Å². The molecule has 3 rings (SSSR count). The number of aliphatic hydroxyl groups is 1. The lowest BCUT2D eigenvalue weighted by Crippen LogP contribution is -2.11. The summed E-state index contributed by atoms with van der Waals surface area (Å²) in [5, 5.41) is 21.1. The number of hydrogen-bond donors (Lipinski definition) is 1. The molecule has 1 aliphatic carbocycles. The molecule has 0 saturated carbocycles. The van der Waals surface area contributed by atoms with Crippen molar-refractivity contribution >= 4 is 11.8 Å². The summed E-state index contributed by atoms with van der Waals surface area (Å²) in [6, 6.07) is 14.3. The van der Waals surface area contributed by atoms with E-state index in [4.69, 9.17) is 0 Å². The van der Waals surface area contributed by atoms with Gasteiger partial charge in [-0.1, -0.05) is 30.3 Å². The molecule has 0 fully saturated rings. The van der Waals surface area contributed by atoms with Gasteiger partial charge in [-0.15, -0.1) is 0 Å². The zero-order chi connectivity index (χ0) is 14.8. The Morgan fingerprint density at radius 3 is 2.52 bits per heavy atom. The minimum atomic E-state index is -0.592. The van der Waals surface area contributed by atoms with Crippen LogP contribution in [0.25, 0.3) is 6.08 Å². The van der Waals surface area contributed by atoms with Gasteiger partial charge in [-0.3, -0.25) is 10.1 Å². The number of benzene rings is 2. The summed E-state index contributed by atoms with van der Waals surface area (Å²) >= 11 is 0. The van der Waals surface area contributed by atoms with E-state index in [9.17, 15) is 15.2 Å². The lowest BCUT2D eigenvalue weighted by atomic mass is 9.85. The first-order valence-corrected chi connectivity index (χ1v) is 6.86. The van der Waals surface area contributed by atoms with Gasteiger partial charge in [0.05, 0.1) is 4.92 Å². The van der Waals surface area contributed by atoms with E-state index in [2.05, 4.69) is 0 Å². The number of rotatable bonds is 2. The topological polar surface area (TPSA) is 63.4 Å². The van der Waals surface area contributed by atoms with Crippen LogP contribution in [-0.2, 0) is 6.42 Å². The summed E-state index contributed by atoms with van der Waals surface area (Å²) in [7, 11) is 0. The van der Waals surface area contributed by atoms with Gasteiger partial charge in [0.2, 0.25) is 0 Å². The lowest BCUT2D eigenvalue weighted by molar-refractivity contribution is -0.384. The minimum absolute atomic E-state index is 0.0756. The van der Waals surface area contributed by atoms with Crippen molar-refractivity contribution < 1.29 is 10.0 Å². The molecular formula is C17H15NO3. The largest absolute Gasteiger partial charge is 0.384 e. The van der Waals surface area contributed by atoms with Crippen molar-refractivity contribution in [1.29, 1.82) is 0 Å². The molecule has 0 aromatic heterocycles. The summed E-state index contributed by atoms with van der Waals surface area (Å²) in [5.41, 5.74) is 4.03. The maximum atomic E-state index is 10.6. The smallest absolute Gasteiger partial charge is 0.269 e. The molecule has 1 aliphatic rings. The Morgan fingerprint density at radius 1 is 1.10 bits per heavy atom.